The van der Waals surface area contributed by atoms with Gasteiger partial charge in [-0.1, -0.05) is 44.2 Å². The maximum absolute atomic E-state index is 12.2. The first kappa shape index (κ1) is 14.1. The fourth-order valence-corrected chi connectivity index (χ4v) is 2.66. The van der Waals surface area contributed by atoms with Gasteiger partial charge >= 0.3 is 0 Å². The Bertz CT molecular complexity index is 392. The van der Waals surface area contributed by atoms with E-state index in [4.69, 9.17) is 5.73 Å². The fourth-order valence-electron chi connectivity index (χ4n) is 2.66. The van der Waals surface area contributed by atoms with E-state index in [0.29, 0.717) is 12.6 Å². The van der Waals surface area contributed by atoms with Crippen LogP contribution in [-0.4, -0.2) is 11.9 Å². The average Bonchev–Trinajstić information content (AvgIpc) is 2.41. The van der Waals surface area contributed by atoms with Crippen LogP contribution in [0.1, 0.15) is 60.9 Å². The van der Waals surface area contributed by atoms with Crippen LogP contribution in [0.5, 0.6) is 0 Å². The number of carbonyl (C=O) groups is 1. The third-order valence-electron chi connectivity index (χ3n) is 3.89. The number of nitrogens with two attached hydrogens (primary N) is 1. The smallest absolute Gasteiger partial charge is 0.251 e. The quantitative estimate of drug-likeness (QED) is 0.877. The van der Waals surface area contributed by atoms with E-state index < -0.39 is 0 Å². The lowest BCUT2D eigenvalue weighted by atomic mass is 9.96. The monoisotopic (exact) mass is 260 g/mol. The highest BCUT2D eigenvalue weighted by molar-refractivity contribution is 5.94. The molecule has 2 rings (SSSR count). The van der Waals surface area contributed by atoms with E-state index in [0.717, 1.165) is 24.0 Å². The number of carbonyl (C=O) groups excluding carboxylic acids is 1. The van der Waals surface area contributed by atoms with Gasteiger partial charge in [-0.15, -0.1) is 0 Å². The second-order valence-corrected chi connectivity index (χ2v) is 5.42. The highest BCUT2D eigenvalue weighted by atomic mass is 16.1. The summed E-state index contributed by atoms with van der Waals surface area (Å²) in [5.41, 5.74) is 7.35. The Morgan fingerprint density at radius 1 is 1.05 bits per heavy atom. The third-order valence-corrected chi connectivity index (χ3v) is 3.89. The molecule has 19 heavy (non-hydrogen) atoms. The topological polar surface area (TPSA) is 55.1 Å². The molecule has 3 heteroatoms. The van der Waals surface area contributed by atoms with Crippen LogP contribution >= 0.6 is 0 Å². The van der Waals surface area contributed by atoms with Gasteiger partial charge in [-0.05, 0) is 30.5 Å². The molecule has 1 aliphatic carbocycles. The molecule has 0 bridgehead atoms. The number of nitrogens with one attached hydrogen (secondary N) is 1. The molecule has 3 nitrogen and oxygen atoms in total. The Kier molecular flexibility index (Phi) is 5.40. The van der Waals surface area contributed by atoms with Crippen LogP contribution in [0, 0.1) is 0 Å². The van der Waals surface area contributed by atoms with Crippen LogP contribution in [-0.2, 0) is 6.54 Å². The van der Waals surface area contributed by atoms with Gasteiger partial charge in [0.05, 0.1) is 0 Å². The van der Waals surface area contributed by atoms with E-state index in [-0.39, 0.29) is 5.91 Å². The van der Waals surface area contributed by atoms with Crippen molar-refractivity contribution in [3.8, 4) is 0 Å². The summed E-state index contributed by atoms with van der Waals surface area (Å²) in [6.07, 6.45) is 8.66. The molecule has 0 radical (unpaired) electrons. The molecule has 1 aromatic rings. The molecule has 0 saturated heterocycles. The van der Waals surface area contributed by atoms with Crippen molar-refractivity contribution in [2.24, 2.45) is 5.73 Å². The summed E-state index contributed by atoms with van der Waals surface area (Å²) in [7, 11) is 0. The molecule has 0 unspecified atom stereocenters. The zero-order chi connectivity index (χ0) is 13.5. The van der Waals surface area contributed by atoms with Crippen LogP contribution < -0.4 is 11.1 Å². The summed E-state index contributed by atoms with van der Waals surface area (Å²) in [6.45, 7) is 0.518. The van der Waals surface area contributed by atoms with E-state index in [1.165, 1.54) is 32.1 Å². The molecular weight excluding hydrogens is 236 g/mol. The minimum atomic E-state index is 0.0501. The van der Waals surface area contributed by atoms with Gasteiger partial charge in [0.2, 0.25) is 0 Å². The van der Waals surface area contributed by atoms with Gasteiger partial charge in [-0.3, -0.25) is 4.79 Å². The summed E-state index contributed by atoms with van der Waals surface area (Å²) < 4.78 is 0. The largest absolute Gasteiger partial charge is 0.349 e. The molecule has 3 N–H and O–H groups in total. The minimum absolute atomic E-state index is 0.0501. The molecule has 1 saturated carbocycles. The van der Waals surface area contributed by atoms with Gasteiger partial charge < -0.3 is 11.1 Å². The fraction of sp³-hybridized carbons (Fsp3) is 0.562. The summed E-state index contributed by atoms with van der Waals surface area (Å²) in [4.78, 5) is 12.2. The lowest BCUT2D eigenvalue weighted by Gasteiger charge is -2.21. The first-order valence-corrected chi connectivity index (χ1v) is 7.39. The maximum Gasteiger partial charge on any atom is 0.251 e. The van der Waals surface area contributed by atoms with E-state index in [1.807, 2.05) is 24.3 Å². The Morgan fingerprint density at radius 3 is 2.21 bits per heavy atom. The third kappa shape index (κ3) is 4.35. The molecular formula is C16H24N2O. The van der Waals surface area contributed by atoms with Crippen LogP contribution in [0.2, 0.25) is 0 Å². The van der Waals surface area contributed by atoms with Crippen molar-refractivity contribution in [1.82, 2.24) is 5.32 Å². The number of amides is 1. The van der Waals surface area contributed by atoms with Crippen LogP contribution in [0.15, 0.2) is 24.3 Å². The van der Waals surface area contributed by atoms with E-state index in [2.05, 4.69) is 5.32 Å². The first-order valence-electron chi connectivity index (χ1n) is 7.39. The number of benzene rings is 1. The minimum Gasteiger partial charge on any atom is -0.349 e. The van der Waals surface area contributed by atoms with Gasteiger partial charge in [0, 0.05) is 18.2 Å². The normalized spacial score (nSPS) is 17.5. The maximum atomic E-state index is 12.2. The van der Waals surface area contributed by atoms with Crippen molar-refractivity contribution in [1.29, 1.82) is 0 Å². The predicted molar refractivity (Wildman–Crippen MR) is 77.9 cm³/mol. The van der Waals surface area contributed by atoms with Gasteiger partial charge in [0.1, 0.15) is 0 Å². The predicted octanol–water partition coefficient (Wildman–Crippen LogP) is 2.99. The average molecular weight is 260 g/mol. The van der Waals surface area contributed by atoms with E-state index in [9.17, 15) is 4.79 Å². The molecule has 1 amide bonds. The Hall–Kier alpha value is -1.35. The molecule has 1 aliphatic rings. The van der Waals surface area contributed by atoms with Gasteiger partial charge in [0.25, 0.3) is 5.91 Å². The van der Waals surface area contributed by atoms with Gasteiger partial charge in [-0.2, -0.15) is 0 Å². The second kappa shape index (κ2) is 7.29. The Labute approximate surface area is 115 Å². The molecule has 104 valence electrons. The van der Waals surface area contributed by atoms with Crippen LogP contribution in [0.3, 0.4) is 0 Å². The molecule has 1 aromatic carbocycles. The van der Waals surface area contributed by atoms with Crippen LogP contribution in [0.25, 0.3) is 0 Å². The standard InChI is InChI=1S/C16H24N2O/c17-12-13-8-10-14(11-9-13)16(19)18-15-6-4-2-1-3-5-7-15/h8-11,15H,1-7,12,17H2,(H,18,19). The molecule has 0 atom stereocenters. The van der Waals surface area contributed by atoms with E-state index in [1.54, 1.807) is 0 Å². The van der Waals surface area contributed by atoms with E-state index >= 15 is 0 Å². The zero-order valence-electron chi connectivity index (χ0n) is 11.5. The Morgan fingerprint density at radius 2 is 1.63 bits per heavy atom. The van der Waals surface area contributed by atoms with Crippen molar-refractivity contribution in [2.45, 2.75) is 57.5 Å². The van der Waals surface area contributed by atoms with Crippen LogP contribution in [0.4, 0.5) is 0 Å². The van der Waals surface area contributed by atoms with Crippen molar-refractivity contribution >= 4 is 5.91 Å². The SMILES string of the molecule is NCc1ccc(C(=O)NC2CCCCCCC2)cc1. The first-order chi connectivity index (χ1) is 9.29. The van der Waals surface area contributed by atoms with Crippen molar-refractivity contribution in [3.05, 3.63) is 35.4 Å². The van der Waals surface area contributed by atoms with Crippen molar-refractivity contribution in [3.63, 3.8) is 0 Å². The second-order valence-electron chi connectivity index (χ2n) is 5.42. The molecule has 0 aromatic heterocycles. The number of rotatable bonds is 3. The van der Waals surface area contributed by atoms with Crippen molar-refractivity contribution in [2.75, 3.05) is 0 Å². The van der Waals surface area contributed by atoms with Gasteiger partial charge in [0.15, 0.2) is 0 Å². The molecule has 1 fully saturated rings. The molecule has 0 aliphatic heterocycles. The summed E-state index contributed by atoms with van der Waals surface area (Å²) in [6, 6.07) is 7.92. The number of hydrogen-bond acceptors (Lipinski definition) is 2. The van der Waals surface area contributed by atoms with Gasteiger partial charge in [-0.25, -0.2) is 0 Å². The molecule has 0 heterocycles. The summed E-state index contributed by atoms with van der Waals surface area (Å²) in [5.74, 6) is 0.0501. The van der Waals surface area contributed by atoms with Crippen molar-refractivity contribution < 1.29 is 4.79 Å². The number of hydrogen-bond donors (Lipinski definition) is 2. The summed E-state index contributed by atoms with van der Waals surface area (Å²) in [5, 5.41) is 3.17. The molecule has 0 spiro atoms. The highest BCUT2D eigenvalue weighted by Gasteiger charge is 2.14. The lowest BCUT2D eigenvalue weighted by Crippen LogP contribution is -2.35. The zero-order valence-corrected chi connectivity index (χ0v) is 11.5. The highest BCUT2D eigenvalue weighted by Crippen LogP contribution is 2.17. The Balaban J connectivity index is 1.91. The summed E-state index contributed by atoms with van der Waals surface area (Å²) >= 11 is 0. The lowest BCUT2D eigenvalue weighted by molar-refractivity contribution is 0.0930.